The van der Waals surface area contributed by atoms with Gasteiger partial charge < -0.3 is 5.32 Å². The molecule has 0 heterocycles. The molecule has 0 radical (unpaired) electrons. The van der Waals surface area contributed by atoms with Gasteiger partial charge in [-0.1, -0.05) is 0 Å². The van der Waals surface area contributed by atoms with Crippen molar-refractivity contribution in [1.29, 1.82) is 15.8 Å². The zero-order valence-corrected chi connectivity index (χ0v) is 8.33. The van der Waals surface area contributed by atoms with Gasteiger partial charge in [-0.25, -0.2) is 8.78 Å². The van der Waals surface area contributed by atoms with Crippen molar-refractivity contribution >= 4 is 5.69 Å². The lowest BCUT2D eigenvalue weighted by molar-refractivity contribution is 0.509. The molecular weight excluding hydrogens is 226 g/mol. The highest BCUT2D eigenvalue weighted by atomic mass is 19.2. The minimum Gasteiger partial charge on any atom is -0.345 e. The third-order valence-electron chi connectivity index (χ3n) is 1.77. The van der Waals surface area contributed by atoms with Crippen LogP contribution in [0.1, 0.15) is 0 Å². The molecule has 0 saturated heterocycles. The maximum Gasteiger partial charge on any atom is 0.163 e. The number of nitrogens with zero attached hydrogens (tertiary/aromatic N) is 3. The van der Waals surface area contributed by atoms with Crippen molar-refractivity contribution in [3.05, 3.63) is 41.1 Å². The van der Waals surface area contributed by atoms with Crippen LogP contribution in [0, 0.1) is 45.6 Å². The highest BCUT2D eigenvalue weighted by Crippen LogP contribution is 2.15. The van der Waals surface area contributed by atoms with Crippen molar-refractivity contribution in [2.45, 2.75) is 0 Å². The van der Waals surface area contributed by atoms with Crippen LogP contribution >= 0.6 is 0 Å². The minimum atomic E-state index is -1.09. The molecule has 0 atom stereocenters. The lowest BCUT2D eigenvalue weighted by Crippen LogP contribution is -2.01. The average Bonchev–Trinajstić information content (AvgIpc) is 2.33. The lowest BCUT2D eigenvalue weighted by atomic mass is 10.2. The summed E-state index contributed by atoms with van der Waals surface area (Å²) in [6.07, 6.45) is 0. The maximum absolute atomic E-state index is 12.9. The number of hydrogen-bond donors (Lipinski definition) is 1. The van der Waals surface area contributed by atoms with Crippen molar-refractivity contribution in [3.8, 4) is 18.2 Å². The van der Waals surface area contributed by atoms with Gasteiger partial charge in [0, 0.05) is 11.8 Å². The molecule has 0 fully saturated rings. The normalized spacial score (nSPS) is 8.41. The van der Waals surface area contributed by atoms with Gasteiger partial charge in [0.1, 0.15) is 23.9 Å². The third-order valence-corrected chi connectivity index (χ3v) is 1.77. The van der Waals surface area contributed by atoms with E-state index in [1.54, 1.807) is 6.07 Å². The number of anilines is 1. The standard InChI is InChI=1S/C11H4F2N4/c12-9-2-1-8(3-10(9)13)17-11(6-16)7(4-14)5-15/h1-3,17H. The number of nitrogens with one attached hydrogen (secondary N) is 1. The van der Waals surface area contributed by atoms with Crippen molar-refractivity contribution in [1.82, 2.24) is 0 Å². The first-order valence-corrected chi connectivity index (χ1v) is 4.29. The van der Waals surface area contributed by atoms with E-state index in [2.05, 4.69) is 5.32 Å². The van der Waals surface area contributed by atoms with E-state index in [-0.39, 0.29) is 11.4 Å². The molecule has 0 bridgehead atoms. The third kappa shape index (κ3) is 2.77. The monoisotopic (exact) mass is 230 g/mol. The number of halogens is 2. The summed E-state index contributed by atoms with van der Waals surface area (Å²) >= 11 is 0. The second kappa shape index (κ2) is 5.25. The Morgan fingerprint density at radius 1 is 1.00 bits per heavy atom. The van der Waals surface area contributed by atoms with Crippen LogP contribution in [0.4, 0.5) is 14.5 Å². The highest BCUT2D eigenvalue weighted by Gasteiger charge is 2.08. The molecule has 0 aliphatic heterocycles. The van der Waals surface area contributed by atoms with Gasteiger partial charge in [-0.05, 0) is 12.1 Å². The molecule has 0 unspecified atom stereocenters. The van der Waals surface area contributed by atoms with Crippen LogP contribution in [0.15, 0.2) is 29.5 Å². The summed E-state index contributed by atoms with van der Waals surface area (Å²) in [6.45, 7) is 0. The maximum atomic E-state index is 12.9. The van der Waals surface area contributed by atoms with Crippen LogP contribution in [-0.2, 0) is 0 Å². The van der Waals surface area contributed by atoms with Crippen molar-refractivity contribution in [3.63, 3.8) is 0 Å². The summed E-state index contributed by atoms with van der Waals surface area (Å²) in [7, 11) is 0. The minimum absolute atomic E-state index is 0.0726. The van der Waals surface area contributed by atoms with E-state index in [9.17, 15) is 8.78 Å². The highest BCUT2D eigenvalue weighted by molar-refractivity contribution is 5.58. The topological polar surface area (TPSA) is 83.4 Å². The molecule has 0 aliphatic rings. The quantitative estimate of drug-likeness (QED) is 0.789. The molecule has 17 heavy (non-hydrogen) atoms. The summed E-state index contributed by atoms with van der Waals surface area (Å²) < 4.78 is 25.5. The summed E-state index contributed by atoms with van der Waals surface area (Å²) in [5, 5.41) is 28.2. The molecule has 0 spiro atoms. The molecule has 0 saturated carbocycles. The van der Waals surface area contributed by atoms with Crippen LogP contribution in [0.3, 0.4) is 0 Å². The van der Waals surface area contributed by atoms with Crippen molar-refractivity contribution in [2.24, 2.45) is 0 Å². The SMILES string of the molecule is N#CC(C#N)=C(C#N)Nc1ccc(F)c(F)c1. The fourth-order valence-electron chi connectivity index (χ4n) is 1.00. The van der Waals surface area contributed by atoms with Gasteiger partial charge in [-0.2, -0.15) is 15.8 Å². The van der Waals surface area contributed by atoms with Crippen LogP contribution in [0.2, 0.25) is 0 Å². The van der Waals surface area contributed by atoms with E-state index in [0.29, 0.717) is 0 Å². The Labute approximate surface area is 95.6 Å². The van der Waals surface area contributed by atoms with Gasteiger partial charge in [0.05, 0.1) is 0 Å². The Morgan fingerprint density at radius 2 is 1.65 bits per heavy atom. The van der Waals surface area contributed by atoms with E-state index in [4.69, 9.17) is 15.8 Å². The Balaban J connectivity index is 3.11. The number of nitriles is 3. The first-order valence-electron chi connectivity index (χ1n) is 4.29. The summed E-state index contributed by atoms with van der Waals surface area (Å²) in [4.78, 5) is 0. The molecule has 1 aromatic carbocycles. The number of benzene rings is 1. The van der Waals surface area contributed by atoms with Crippen LogP contribution in [0.25, 0.3) is 0 Å². The first-order chi connectivity index (χ1) is 8.12. The zero-order valence-electron chi connectivity index (χ0n) is 8.33. The van der Waals surface area contributed by atoms with E-state index < -0.39 is 17.2 Å². The molecule has 82 valence electrons. The van der Waals surface area contributed by atoms with E-state index in [1.807, 2.05) is 0 Å². The number of allylic oxidation sites excluding steroid dienone is 2. The molecular formula is C11H4F2N4. The summed E-state index contributed by atoms with van der Waals surface area (Å²) in [6, 6.07) is 7.49. The summed E-state index contributed by atoms with van der Waals surface area (Å²) in [5.41, 5.74) is -0.679. The Kier molecular flexibility index (Phi) is 3.76. The second-order valence-corrected chi connectivity index (χ2v) is 2.84. The number of rotatable bonds is 2. The van der Waals surface area contributed by atoms with Gasteiger partial charge in [-0.15, -0.1) is 0 Å². The van der Waals surface area contributed by atoms with Crippen molar-refractivity contribution < 1.29 is 8.78 Å². The molecule has 0 amide bonds. The largest absolute Gasteiger partial charge is 0.345 e. The predicted molar refractivity (Wildman–Crippen MR) is 53.8 cm³/mol. The van der Waals surface area contributed by atoms with Crippen LogP contribution in [0.5, 0.6) is 0 Å². The molecule has 1 N–H and O–H groups in total. The van der Waals surface area contributed by atoms with Gasteiger partial charge in [0.2, 0.25) is 0 Å². The van der Waals surface area contributed by atoms with E-state index >= 15 is 0 Å². The smallest absolute Gasteiger partial charge is 0.163 e. The average molecular weight is 230 g/mol. The number of hydrogen-bond acceptors (Lipinski definition) is 4. The fourth-order valence-corrected chi connectivity index (χ4v) is 1.00. The Bertz CT molecular complexity index is 583. The predicted octanol–water partition coefficient (Wildman–Crippen LogP) is 2.20. The van der Waals surface area contributed by atoms with Crippen LogP contribution < -0.4 is 5.32 Å². The molecule has 0 aliphatic carbocycles. The van der Waals surface area contributed by atoms with E-state index in [1.165, 1.54) is 18.2 Å². The second-order valence-electron chi connectivity index (χ2n) is 2.84. The van der Waals surface area contributed by atoms with E-state index in [0.717, 1.165) is 12.1 Å². The van der Waals surface area contributed by atoms with Crippen LogP contribution in [-0.4, -0.2) is 0 Å². The molecule has 4 nitrogen and oxygen atoms in total. The molecule has 0 aromatic heterocycles. The molecule has 6 heteroatoms. The van der Waals surface area contributed by atoms with Gasteiger partial charge in [-0.3, -0.25) is 0 Å². The zero-order chi connectivity index (χ0) is 12.8. The van der Waals surface area contributed by atoms with Gasteiger partial charge in [0.15, 0.2) is 17.2 Å². The Morgan fingerprint density at radius 3 is 2.12 bits per heavy atom. The summed E-state index contributed by atoms with van der Waals surface area (Å²) in [5.74, 6) is -2.12. The van der Waals surface area contributed by atoms with Gasteiger partial charge in [0.25, 0.3) is 0 Å². The fraction of sp³-hybridized carbons (Fsp3) is 0. The molecule has 1 rings (SSSR count). The van der Waals surface area contributed by atoms with Gasteiger partial charge >= 0.3 is 0 Å². The van der Waals surface area contributed by atoms with Crippen molar-refractivity contribution in [2.75, 3.05) is 5.32 Å². The lowest BCUT2D eigenvalue weighted by Gasteiger charge is -2.04. The first kappa shape index (κ1) is 12.2. The molecule has 1 aromatic rings. The Hall–Kier alpha value is -2.91.